The van der Waals surface area contributed by atoms with Gasteiger partial charge in [0.1, 0.15) is 0 Å². The fraction of sp³-hybridized carbons (Fsp3) is 0.464. The van der Waals surface area contributed by atoms with E-state index in [0.29, 0.717) is 23.5 Å². The van der Waals surface area contributed by atoms with Gasteiger partial charge in [0.25, 0.3) is 0 Å². The van der Waals surface area contributed by atoms with E-state index >= 15 is 0 Å². The van der Waals surface area contributed by atoms with Crippen LogP contribution in [0.1, 0.15) is 56.2 Å². The molecule has 0 bridgehead atoms. The van der Waals surface area contributed by atoms with Crippen LogP contribution in [-0.2, 0) is 16.8 Å². The van der Waals surface area contributed by atoms with Gasteiger partial charge in [-0.15, -0.1) is 0 Å². The second-order valence-electron chi connectivity index (χ2n) is 10.4. The third-order valence-electron chi connectivity index (χ3n) is 8.35. The number of benzene rings is 2. The Bertz CT molecular complexity index is 1050. The van der Waals surface area contributed by atoms with Crippen LogP contribution in [0.3, 0.4) is 0 Å². The summed E-state index contributed by atoms with van der Waals surface area (Å²) in [4.78, 5) is 15.8. The minimum atomic E-state index is -0.290. The highest BCUT2D eigenvalue weighted by Gasteiger charge is 2.48. The van der Waals surface area contributed by atoms with Crippen molar-refractivity contribution >= 4 is 23.6 Å². The van der Waals surface area contributed by atoms with Crippen molar-refractivity contribution in [3.63, 3.8) is 0 Å². The molecule has 1 saturated carbocycles. The van der Waals surface area contributed by atoms with E-state index in [4.69, 9.17) is 11.6 Å². The highest BCUT2D eigenvalue weighted by atomic mass is 35.5. The Morgan fingerprint density at radius 1 is 1.19 bits per heavy atom. The molecule has 4 heteroatoms. The van der Waals surface area contributed by atoms with E-state index in [1.165, 1.54) is 11.1 Å². The summed E-state index contributed by atoms with van der Waals surface area (Å²) in [7, 11) is 0. The molecule has 1 amide bonds. The average molecular weight is 449 g/mol. The van der Waals surface area contributed by atoms with E-state index in [2.05, 4.69) is 60.5 Å². The van der Waals surface area contributed by atoms with Crippen molar-refractivity contribution in [2.75, 3.05) is 13.1 Å². The van der Waals surface area contributed by atoms with Gasteiger partial charge in [-0.3, -0.25) is 9.69 Å². The number of carbonyl (C=O) groups excluding carboxylic acids is 1. The van der Waals surface area contributed by atoms with Gasteiger partial charge in [0.2, 0.25) is 5.91 Å². The molecule has 4 atom stereocenters. The third-order valence-corrected chi connectivity index (χ3v) is 8.58. The Balaban J connectivity index is 1.21. The van der Waals surface area contributed by atoms with Crippen molar-refractivity contribution in [3.05, 3.63) is 76.3 Å². The zero-order chi connectivity index (χ0) is 22.3. The first kappa shape index (κ1) is 21.7. The molecule has 2 fully saturated rings. The monoisotopic (exact) mass is 448 g/mol. The maximum Gasteiger partial charge on any atom is 0.226 e. The van der Waals surface area contributed by atoms with Crippen molar-refractivity contribution < 1.29 is 4.79 Å². The Morgan fingerprint density at radius 2 is 2.03 bits per heavy atom. The lowest BCUT2D eigenvalue weighted by Gasteiger charge is -2.46. The van der Waals surface area contributed by atoms with Crippen LogP contribution in [0, 0.1) is 11.3 Å². The number of rotatable bonds is 4. The fourth-order valence-corrected chi connectivity index (χ4v) is 6.54. The number of piperidine rings is 1. The number of hydrogen-bond acceptors (Lipinski definition) is 2. The molecule has 1 saturated heterocycles. The molecule has 3 aliphatic rings. The third kappa shape index (κ3) is 3.80. The summed E-state index contributed by atoms with van der Waals surface area (Å²) in [5, 5.41) is 3.88. The van der Waals surface area contributed by atoms with Crippen LogP contribution >= 0.6 is 11.6 Å². The Kier molecular flexibility index (Phi) is 5.67. The van der Waals surface area contributed by atoms with Crippen LogP contribution in [0.5, 0.6) is 0 Å². The molecule has 5 rings (SSSR count). The molecule has 0 radical (unpaired) electrons. The molecule has 0 aromatic heterocycles. The number of halogens is 1. The average Bonchev–Trinajstić information content (AvgIpc) is 3.37. The summed E-state index contributed by atoms with van der Waals surface area (Å²) >= 11 is 6.08. The van der Waals surface area contributed by atoms with E-state index in [0.717, 1.165) is 44.3 Å². The van der Waals surface area contributed by atoms with Crippen molar-refractivity contribution in [1.82, 2.24) is 10.2 Å². The van der Waals surface area contributed by atoms with Crippen LogP contribution < -0.4 is 5.32 Å². The summed E-state index contributed by atoms with van der Waals surface area (Å²) in [5.74, 6) is 0.744. The van der Waals surface area contributed by atoms with E-state index in [9.17, 15) is 4.79 Å². The number of nitrogens with zero attached hydrogens (tertiary/aromatic N) is 1. The first-order chi connectivity index (χ1) is 15.4. The number of nitrogens with one attached hydrogen (secondary N) is 1. The summed E-state index contributed by atoms with van der Waals surface area (Å²) in [6, 6.07) is 17.1. The molecular formula is C28H33ClN2O. The van der Waals surface area contributed by atoms with Crippen molar-refractivity contribution in [1.29, 1.82) is 0 Å². The lowest BCUT2D eigenvalue weighted by molar-refractivity contribution is -0.130. The van der Waals surface area contributed by atoms with Crippen molar-refractivity contribution in [3.8, 4) is 0 Å². The van der Waals surface area contributed by atoms with Crippen LogP contribution in [-0.4, -0.2) is 29.9 Å². The molecule has 2 aromatic carbocycles. The SMILES string of the molecule is C[C@H]1CN(C2CCC(C)(C(=O)NCc3cccc(Cl)c3)C2)CC[C@@]12C=Cc1ccccc12. The van der Waals surface area contributed by atoms with E-state index < -0.39 is 0 Å². The number of carbonyl (C=O) groups is 1. The lowest BCUT2D eigenvalue weighted by Crippen LogP contribution is -2.50. The molecule has 168 valence electrons. The van der Waals surface area contributed by atoms with Gasteiger partial charge in [-0.05, 0) is 67.0 Å². The molecule has 1 aliphatic heterocycles. The largest absolute Gasteiger partial charge is 0.352 e. The minimum Gasteiger partial charge on any atom is -0.352 e. The first-order valence-electron chi connectivity index (χ1n) is 12.0. The van der Waals surface area contributed by atoms with Gasteiger partial charge in [-0.25, -0.2) is 0 Å². The quantitative estimate of drug-likeness (QED) is 0.638. The second kappa shape index (κ2) is 8.35. The van der Waals surface area contributed by atoms with Crippen LogP contribution in [0.15, 0.2) is 54.6 Å². The van der Waals surface area contributed by atoms with Gasteiger partial charge in [0, 0.05) is 35.0 Å². The summed E-state index contributed by atoms with van der Waals surface area (Å²) in [5.41, 5.74) is 3.83. The van der Waals surface area contributed by atoms with E-state index in [1.807, 2.05) is 24.3 Å². The molecule has 1 N–H and O–H groups in total. The van der Waals surface area contributed by atoms with Crippen LogP contribution in [0.4, 0.5) is 0 Å². The molecule has 1 heterocycles. The van der Waals surface area contributed by atoms with Gasteiger partial charge in [-0.1, -0.05) is 74.0 Å². The number of hydrogen-bond donors (Lipinski definition) is 1. The minimum absolute atomic E-state index is 0.175. The highest BCUT2D eigenvalue weighted by Crippen LogP contribution is 2.49. The van der Waals surface area contributed by atoms with E-state index in [1.54, 1.807) is 0 Å². The smallest absolute Gasteiger partial charge is 0.226 e. The molecule has 2 aliphatic carbocycles. The van der Waals surface area contributed by atoms with Gasteiger partial charge < -0.3 is 5.32 Å². The van der Waals surface area contributed by atoms with Crippen LogP contribution in [0.2, 0.25) is 5.02 Å². The van der Waals surface area contributed by atoms with Crippen molar-refractivity contribution in [2.45, 2.75) is 57.5 Å². The zero-order valence-electron chi connectivity index (χ0n) is 19.1. The summed E-state index contributed by atoms with van der Waals surface area (Å²) < 4.78 is 0. The number of amides is 1. The maximum atomic E-state index is 13.1. The maximum absolute atomic E-state index is 13.1. The van der Waals surface area contributed by atoms with Gasteiger partial charge in [-0.2, -0.15) is 0 Å². The van der Waals surface area contributed by atoms with E-state index in [-0.39, 0.29) is 16.7 Å². The summed E-state index contributed by atoms with van der Waals surface area (Å²) in [6.45, 7) is 7.29. The standard InChI is InChI=1S/C28H33ClN2O/c1-20-19-31(15-14-28(20)13-10-22-7-3-4-9-25(22)28)24-11-12-27(2,17-24)26(32)30-18-21-6-5-8-23(29)16-21/h3-10,13,16,20,24H,11-12,14-15,17-19H2,1-2H3,(H,30,32)/t20-,24?,27?,28-/m0/s1. The normalized spacial score (nSPS) is 31.7. The zero-order valence-corrected chi connectivity index (χ0v) is 19.9. The molecule has 2 unspecified atom stereocenters. The lowest BCUT2D eigenvalue weighted by atomic mass is 9.68. The van der Waals surface area contributed by atoms with Gasteiger partial charge in [0.15, 0.2) is 0 Å². The van der Waals surface area contributed by atoms with Crippen LogP contribution in [0.25, 0.3) is 6.08 Å². The predicted molar refractivity (Wildman–Crippen MR) is 132 cm³/mol. The molecule has 32 heavy (non-hydrogen) atoms. The Labute approximate surface area is 196 Å². The second-order valence-corrected chi connectivity index (χ2v) is 10.8. The van der Waals surface area contributed by atoms with Gasteiger partial charge >= 0.3 is 0 Å². The van der Waals surface area contributed by atoms with Crippen molar-refractivity contribution in [2.24, 2.45) is 11.3 Å². The predicted octanol–water partition coefficient (Wildman–Crippen LogP) is 5.82. The molecular weight excluding hydrogens is 416 g/mol. The Hall–Kier alpha value is -2.10. The number of likely N-dealkylation sites (tertiary alicyclic amines) is 1. The first-order valence-corrected chi connectivity index (χ1v) is 12.3. The Morgan fingerprint density at radius 3 is 2.84 bits per heavy atom. The molecule has 1 spiro atoms. The highest BCUT2D eigenvalue weighted by molar-refractivity contribution is 6.30. The molecule has 2 aromatic rings. The fourth-order valence-electron chi connectivity index (χ4n) is 6.32. The number of allylic oxidation sites excluding steroid dienone is 1. The summed E-state index contributed by atoms with van der Waals surface area (Å²) in [6.07, 6.45) is 8.95. The number of fused-ring (bicyclic) bond motifs is 2. The topological polar surface area (TPSA) is 32.3 Å². The molecule has 3 nitrogen and oxygen atoms in total. The van der Waals surface area contributed by atoms with Gasteiger partial charge in [0.05, 0.1) is 0 Å².